The van der Waals surface area contributed by atoms with E-state index in [1.165, 1.54) is 18.4 Å². The molecule has 15 heavy (non-hydrogen) atoms. The highest BCUT2D eigenvalue weighted by Crippen LogP contribution is 2.37. The van der Waals surface area contributed by atoms with Crippen LogP contribution in [0.4, 0.5) is 0 Å². The highest BCUT2D eigenvalue weighted by molar-refractivity contribution is 7.16. The molecule has 1 fully saturated rings. The minimum atomic E-state index is -0.660. The van der Waals surface area contributed by atoms with Crippen LogP contribution in [-0.2, 0) is 15.1 Å². The van der Waals surface area contributed by atoms with Gasteiger partial charge in [0.1, 0.15) is 0 Å². The number of halogens is 1. The second-order valence-corrected chi connectivity index (χ2v) is 5.25. The zero-order valence-corrected chi connectivity index (χ0v) is 9.95. The Morgan fingerprint density at radius 1 is 1.67 bits per heavy atom. The van der Waals surface area contributed by atoms with Gasteiger partial charge in [-0.15, -0.1) is 11.3 Å². The third-order valence-corrected chi connectivity index (χ3v) is 4.08. The Balaban J connectivity index is 2.38. The molecule has 0 amide bonds. The molecule has 82 valence electrons. The number of nitrogens with one attached hydrogen (secondary N) is 1. The molecule has 1 aromatic rings. The first-order valence-electron chi connectivity index (χ1n) is 4.78. The van der Waals surface area contributed by atoms with Gasteiger partial charge in [0.25, 0.3) is 0 Å². The fourth-order valence-corrected chi connectivity index (χ4v) is 3.17. The molecule has 0 aromatic carbocycles. The second kappa shape index (κ2) is 4.12. The highest BCUT2D eigenvalue weighted by atomic mass is 35.5. The van der Waals surface area contributed by atoms with E-state index in [0.29, 0.717) is 4.34 Å². The van der Waals surface area contributed by atoms with Crippen LogP contribution in [-0.4, -0.2) is 19.6 Å². The van der Waals surface area contributed by atoms with Gasteiger partial charge in [0, 0.05) is 4.88 Å². The van der Waals surface area contributed by atoms with Gasteiger partial charge in [-0.2, -0.15) is 0 Å². The van der Waals surface area contributed by atoms with Crippen molar-refractivity contribution in [2.75, 3.05) is 13.7 Å². The van der Waals surface area contributed by atoms with Gasteiger partial charge < -0.3 is 4.74 Å². The van der Waals surface area contributed by atoms with Crippen LogP contribution in [0.2, 0.25) is 4.34 Å². The van der Waals surface area contributed by atoms with E-state index in [9.17, 15) is 4.79 Å². The van der Waals surface area contributed by atoms with Gasteiger partial charge in [0.2, 0.25) is 0 Å². The van der Waals surface area contributed by atoms with Crippen LogP contribution in [0.3, 0.4) is 0 Å². The Morgan fingerprint density at radius 2 is 2.47 bits per heavy atom. The highest BCUT2D eigenvalue weighted by Gasteiger charge is 2.44. The molecule has 1 aliphatic heterocycles. The van der Waals surface area contributed by atoms with Crippen LogP contribution in [0.1, 0.15) is 17.7 Å². The lowest BCUT2D eigenvalue weighted by Gasteiger charge is -2.24. The van der Waals surface area contributed by atoms with Crippen LogP contribution in [0.25, 0.3) is 0 Å². The van der Waals surface area contributed by atoms with Crippen molar-refractivity contribution in [2.45, 2.75) is 18.4 Å². The van der Waals surface area contributed by atoms with Gasteiger partial charge in [-0.1, -0.05) is 11.6 Å². The van der Waals surface area contributed by atoms with E-state index >= 15 is 0 Å². The van der Waals surface area contributed by atoms with Crippen molar-refractivity contribution >= 4 is 28.9 Å². The predicted octanol–water partition coefficient (Wildman–Crippen LogP) is 2.15. The van der Waals surface area contributed by atoms with Crippen LogP contribution >= 0.6 is 22.9 Å². The molecule has 0 aliphatic carbocycles. The quantitative estimate of drug-likeness (QED) is 0.812. The molecular formula is C10H12ClNO2S. The molecule has 0 bridgehead atoms. The van der Waals surface area contributed by atoms with E-state index in [1.807, 2.05) is 12.1 Å². The Morgan fingerprint density at radius 3 is 2.93 bits per heavy atom. The number of thiophene rings is 1. The Hall–Kier alpha value is -0.580. The molecule has 2 rings (SSSR count). The summed E-state index contributed by atoms with van der Waals surface area (Å²) in [6.45, 7) is 0.838. The SMILES string of the molecule is COC(=O)C1(c2ccc(Cl)s2)CCCN1. The van der Waals surface area contributed by atoms with Gasteiger partial charge in [0.05, 0.1) is 11.4 Å². The average Bonchev–Trinajstić information content (AvgIpc) is 2.85. The van der Waals surface area contributed by atoms with Gasteiger partial charge in [0.15, 0.2) is 5.54 Å². The molecule has 0 radical (unpaired) electrons. The summed E-state index contributed by atoms with van der Waals surface area (Å²) in [5, 5.41) is 3.23. The lowest BCUT2D eigenvalue weighted by Crippen LogP contribution is -2.44. The maximum Gasteiger partial charge on any atom is 0.331 e. The Labute approximate surface area is 97.4 Å². The summed E-state index contributed by atoms with van der Waals surface area (Å²) in [4.78, 5) is 12.8. The standard InChI is InChI=1S/C10H12ClNO2S/c1-14-9(13)10(5-2-6-12-10)7-3-4-8(11)15-7/h3-4,12H,2,5-6H2,1H3. The summed E-state index contributed by atoms with van der Waals surface area (Å²) in [7, 11) is 1.42. The van der Waals surface area contributed by atoms with Crippen molar-refractivity contribution in [3.8, 4) is 0 Å². The van der Waals surface area contributed by atoms with Crippen LogP contribution in [0, 0.1) is 0 Å². The molecule has 0 saturated carbocycles. The second-order valence-electron chi connectivity index (χ2n) is 3.53. The summed E-state index contributed by atoms with van der Waals surface area (Å²) in [5.41, 5.74) is -0.660. The zero-order chi connectivity index (χ0) is 10.9. The lowest BCUT2D eigenvalue weighted by molar-refractivity contribution is -0.148. The van der Waals surface area contributed by atoms with Crippen molar-refractivity contribution in [2.24, 2.45) is 0 Å². The summed E-state index contributed by atoms with van der Waals surface area (Å²) < 4.78 is 5.56. The molecule has 3 nitrogen and oxygen atoms in total. The van der Waals surface area contributed by atoms with Crippen LogP contribution in [0.15, 0.2) is 12.1 Å². The third kappa shape index (κ3) is 1.77. The van der Waals surface area contributed by atoms with E-state index in [1.54, 1.807) is 0 Å². The van der Waals surface area contributed by atoms with Gasteiger partial charge in [-0.05, 0) is 31.5 Å². The van der Waals surface area contributed by atoms with Gasteiger partial charge >= 0.3 is 5.97 Å². The van der Waals surface area contributed by atoms with Crippen molar-refractivity contribution in [3.63, 3.8) is 0 Å². The van der Waals surface area contributed by atoms with Crippen LogP contribution in [0.5, 0.6) is 0 Å². The lowest BCUT2D eigenvalue weighted by atomic mass is 9.96. The number of hydrogen-bond donors (Lipinski definition) is 1. The van der Waals surface area contributed by atoms with Crippen molar-refractivity contribution in [1.82, 2.24) is 5.32 Å². The largest absolute Gasteiger partial charge is 0.467 e. The van der Waals surface area contributed by atoms with E-state index in [0.717, 1.165) is 24.3 Å². The molecule has 1 unspecified atom stereocenters. The molecule has 1 N–H and O–H groups in total. The Bertz CT molecular complexity index is 371. The van der Waals surface area contributed by atoms with Gasteiger partial charge in [-0.3, -0.25) is 5.32 Å². The number of methoxy groups -OCH3 is 1. The third-order valence-electron chi connectivity index (χ3n) is 2.68. The summed E-state index contributed by atoms with van der Waals surface area (Å²) in [6.07, 6.45) is 1.75. The van der Waals surface area contributed by atoms with Crippen molar-refractivity contribution in [3.05, 3.63) is 21.3 Å². The van der Waals surface area contributed by atoms with Crippen molar-refractivity contribution in [1.29, 1.82) is 0 Å². The molecule has 1 atom stereocenters. The number of carbonyl (C=O) groups excluding carboxylic acids is 1. The van der Waals surface area contributed by atoms with Crippen LogP contribution < -0.4 is 5.32 Å². The molecule has 5 heteroatoms. The minimum absolute atomic E-state index is 0.224. The topological polar surface area (TPSA) is 38.3 Å². The first-order valence-corrected chi connectivity index (χ1v) is 5.98. The minimum Gasteiger partial charge on any atom is -0.467 e. The monoisotopic (exact) mass is 245 g/mol. The normalized spacial score (nSPS) is 25.5. The smallest absolute Gasteiger partial charge is 0.331 e. The van der Waals surface area contributed by atoms with Crippen molar-refractivity contribution < 1.29 is 9.53 Å². The number of hydrogen-bond acceptors (Lipinski definition) is 4. The number of carbonyl (C=O) groups is 1. The first-order chi connectivity index (χ1) is 7.19. The fourth-order valence-electron chi connectivity index (χ4n) is 1.95. The summed E-state index contributed by atoms with van der Waals surface area (Å²) in [5.74, 6) is -0.224. The predicted molar refractivity (Wildman–Crippen MR) is 60.3 cm³/mol. The molecule has 0 spiro atoms. The Kier molecular flexibility index (Phi) is 3.00. The summed E-state index contributed by atoms with van der Waals surface area (Å²) >= 11 is 7.32. The number of rotatable bonds is 2. The molecule has 2 heterocycles. The molecular weight excluding hydrogens is 234 g/mol. The maximum atomic E-state index is 11.8. The molecule has 1 aromatic heterocycles. The van der Waals surface area contributed by atoms with E-state index in [4.69, 9.17) is 16.3 Å². The maximum absolute atomic E-state index is 11.8. The average molecular weight is 246 g/mol. The summed E-state index contributed by atoms with van der Waals surface area (Å²) in [6, 6.07) is 3.70. The molecule has 1 aliphatic rings. The van der Waals surface area contributed by atoms with E-state index in [2.05, 4.69) is 5.32 Å². The molecule has 1 saturated heterocycles. The van der Waals surface area contributed by atoms with E-state index < -0.39 is 5.54 Å². The number of esters is 1. The fraction of sp³-hybridized carbons (Fsp3) is 0.500. The first kappa shape index (κ1) is 10.9. The van der Waals surface area contributed by atoms with Gasteiger partial charge in [-0.25, -0.2) is 4.79 Å². The van der Waals surface area contributed by atoms with E-state index in [-0.39, 0.29) is 5.97 Å². The zero-order valence-electron chi connectivity index (χ0n) is 8.38. The number of ether oxygens (including phenoxy) is 1.